The monoisotopic (exact) mass is 543 g/mol. The smallest absolute Gasteiger partial charge is 0.139 e. The van der Waals surface area contributed by atoms with E-state index < -0.39 is 0 Å². The highest BCUT2D eigenvalue weighted by atomic mass is 16.3. The lowest BCUT2D eigenvalue weighted by atomic mass is 9.83. The van der Waals surface area contributed by atoms with Gasteiger partial charge in [-0.25, -0.2) is 0 Å². The second-order valence-corrected chi connectivity index (χ2v) is 11.9. The molecule has 0 aliphatic rings. The SMILES string of the molecule is CC(C)(C)c1c(-c2cccc(N(c3ccccc3)c3ccc(-c4ccc5ccccc5c4)cc3)c2)oc2ccccc12. The van der Waals surface area contributed by atoms with Crippen LogP contribution in [0.4, 0.5) is 17.1 Å². The zero-order chi connectivity index (χ0) is 28.7. The Morgan fingerprint density at radius 2 is 1.12 bits per heavy atom. The predicted molar refractivity (Wildman–Crippen MR) is 178 cm³/mol. The van der Waals surface area contributed by atoms with Crippen LogP contribution in [0.1, 0.15) is 26.3 Å². The molecular weight excluding hydrogens is 510 g/mol. The molecule has 6 aromatic carbocycles. The molecule has 0 unspecified atom stereocenters. The number of nitrogens with zero attached hydrogens (tertiary/aromatic N) is 1. The molecule has 0 amide bonds. The van der Waals surface area contributed by atoms with Crippen molar-refractivity contribution in [2.45, 2.75) is 26.2 Å². The summed E-state index contributed by atoms with van der Waals surface area (Å²) >= 11 is 0. The van der Waals surface area contributed by atoms with Gasteiger partial charge in [0.2, 0.25) is 0 Å². The van der Waals surface area contributed by atoms with E-state index in [4.69, 9.17) is 4.42 Å². The zero-order valence-electron chi connectivity index (χ0n) is 24.2. The molecule has 0 saturated heterocycles. The van der Waals surface area contributed by atoms with Gasteiger partial charge in [0, 0.05) is 33.6 Å². The van der Waals surface area contributed by atoms with Crippen molar-refractivity contribution in [1.29, 1.82) is 0 Å². The molecule has 7 rings (SSSR count). The Kier molecular flexibility index (Phi) is 6.40. The summed E-state index contributed by atoms with van der Waals surface area (Å²) < 4.78 is 6.53. The minimum atomic E-state index is -0.0738. The van der Waals surface area contributed by atoms with Crippen molar-refractivity contribution in [2.75, 3.05) is 4.90 Å². The second-order valence-electron chi connectivity index (χ2n) is 11.9. The van der Waals surface area contributed by atoms with E-state index in [1.165, 1.54) is 32.8 Å². The maximum absolute atomic E-state index is 6.53. The van der Waals surface area contributed by atoms with Crippen LogP contribution in [0, 0.1) is 0 Å². The number of benzene rings is 6. The molecule has 1 aromatic heterocycles. The standard InChI is InChI=1S/C40H33NO/c1-40(2,3)38-36-18-9-10-19-37(36)42-39(38)32-14-11-17-35(27-32)41(33-15-5-4-6-16-33)34-24-22-29(23-25-34)31-21-20-28-12-7-8-13-30(28)26-31/h4-27H,1-3H3. The fourth-order valence-electron chi connectivity index (χ4n) is 5.98. The lowest BCUT2D eigenvalue weighted by Gasteiger charge is -2.26. The van der Waals surface area contributed by atoms with Gasteiger partial charge in [-0.2, -0.15) is 0 Å². The van der Waals surface area contributed by atoms with Crippen LogP contribution in [0.5, 0.6) is 0 Å². The summed E-state index contributed by atoms with van der Waals surface area (Å²) in [6.45, 7) is 6.76. The van der Waals surface area contributed by atoms with Crippen LogP contribution in [-0.4, -0.2) is 0 Å². The summed E-state index contributed by atoms with van der Waals surface area (Å²) in [5.41, 5.74) is 8.86. The number of anilines is 3. The molecule has 1 heterocycles. The van der Waals surface area contributed by atoms with E-state index in [0.717, 1.165) is 34.0 Å². The summed E-state index contributed by atoms with van der Waals surface area (Å²) in [6, 6.07) is 51.7. The van der Waals surface area contributed by atoms with Crippen LogP contribution in [0.15, 0.2) is 150 Å². The molecule has 204 valence electrons. The zero-order valence-corrected chi connectivity index (χ0v) is 24.2. The number of fused-ring (bicyclic) bond motifs is 2. The fourth-order valence-corrected chi connectivity index (χ4v) is 5.98. The third-order valence-corrected chi connectivity index (χ3v) is 7.93. The molecule has 0 aliphatic heterocycles. The number of furan rings is 1. The van der Waals surface area contributed by atoms with E-state index in [-0.39, 0.29) is 5.41 Å². The van der Waals surface area contributed by atoms with Crippen molar-refractivity contribution in [3.63, 3.8) is 0 Å². The molecule has 0 atom stereocenters. The largest absolute Gasteiger partial charge is 0.456 e. The summed E-state index contributed by atoms with van der Waals surface area (Å²) in [6.07, 6.45) is 0. The van der Waals surface area contributed by atoms with Crippen LogP contribution in [0.2, 0.25) is 0 Å². The van der Waals surface area contributed by atoms with Gasteiger partial charge >= 0.3 is 0 Å². The lowest BCUT2D eigenvalue weighted by molar-refractivity contribution is 0.568. The molecular formula is C40H33NO. The average molecular weight is 544 g/mol. The molecule has 0 bridgehead atoms. The second kappa shape index (κ2) is 10.4. The Bertz CT molecular complexity index is 2010. The van der Waals surface area contributed by atoms with Gasteiger partial charge in [-0.3, -0.25) is 0 Å². The molecule has 2 heteroatoms. The van der Waals surface area contributed by atoms with Crippen molar-refractivity contribution < 1.29 is 4.42 Å². The maximum Gasteiger partial charge on any atom is 0.139 e. The number of hydrogen-bond acceptors (Lipinski definition) is 2. The summed E-state index contributed by atoms with van der Waals surface area (Å²) in [5.74, 6) is 0.935. The van der Waals surface area contributed by atoms with Crippen molar-refractivity contribution >= 4 is 38.8 Å². The van der Waals surface area contributed by atoms with Crippen LogP contribution >= 0.6 is 0 Å². The number of hydrogen-bond donors (Lipinski definition) is 0. The van der Waals surface area contributed by atoms with E-state index in [1.54, 1.807) is 0 Å². The molecule has 42 heavy (non-hydrogen) atoms. The van der Waals surface area contributed by atoms with Gasteiger partial charge in [0.15, 0.2) is 0 Å². The van der Waals surface area contributed by atoms with Gasteiger partial charge in [-0.1, -0.05) is 118 Å². The Morgan fingerprint density at radius 1 is 0.476 bits per heavy atom. The first-order valence-corrected chi connectivity index (χ1v) is 14.5. The topological polar surface area (TPSA) is 16.4 Å². The van der Waals surface area contributed by atoms with Gasteiger partial charge in [0.05, 0.1) is 0 Å². The molecule has 0 spiro atoms. The summed E-state index contributed by atoms with van der Waals surface area (Å²) in [7, 11) is 0. The van der Waals surface area contributed by atoms with Crippen LogP contribution in [-0.2, 0) is 5.41 Å². The van der Waals surface area contributed by atoms with Crippen LogP contribution < -0.4 is 4.90 Å². The molecule has 7 aromatic rings. The summed E-state index contributed by atoms with van der Waals surface area (Å²) in [4.78, 5) is 2.31. The molecule has 0 aliphatic carbocycles. The Balaban J connectivity index is 1.32. The highest BCUT2D eigenvalue weighted by molar-refractivity contribution is 5.91. The van der Waals surface area contributed by atoms with Gasteiger partial charge in [0.1, 0.15) is 11.3 Å². The van der Waals surface area contributed by atoms with E-state index in [9.17, 15) is 0 Å². The van der Waals surface area contributed by atoms with Crippen molar-refractivity contribution in [1.82, 2.24) is 0 Å². The summed E-state index contributed by atoms with van der Waals surface area (Å²) in [5, 5.41) is 3.68. The molecule has 0 fully saturated rings. The van der Waals surface area contributed by atoms with E-state index in [0.29, 0.717) is 0 Å². The highest BCUT2D eigenvalue weighted by Crippen LogP contribution is 2.43. The molecule has 0 N–H and O–H groups in total. The van der Waals surface area contributed by atoms with Crippen molar-refractivity contribution in [3.8, 4) is 22.5 Å². The van der Waals surface area contributed by atoms with Crippen molar-refractivity contribution in [2.24, 2.45) is 0 Å². The Morgan fingerprint density at radius 3 is 1.90 bits per heavy atom. The average Bonchev–Trinajstić information content (AvgIpc) is 3.43. The van der Waals surface area contributed by atoms with E-state index in [1.807, 2.05) is 6.07 Å². The first kappa shape index (κ1) is 25.9. The first-order chi connectivity index (χ1) is 20.5. The van der Waals surface area contributed by atoms with Crippen LogP contribution in [0.3, 0.4) is 0 Å². The highest BCUT2D eigenvalue weighted by Gasteiger charge is 2.26. The Labute approximate surface area is 247 Å². The first-order valence-electron chi connectivity index (χ1n) is 14.5. The van der Waals surface area contributed by atoms with E-state index >= 15 is 0 Å². The normalized spacial score (nSPS) is 11.7. The third-order valence-electron chi connectivity index (χ3n) is 7.93. The number of para-hydroxylation sites is 2. The predicted octanol–water partition coefficient (Wildman–Crippen LogP) is 11.7. The maximum atomic E-state index is 6.53. The van der Waals surface area contributed by atoms with E-state index in [2.05, 4.69) is 165 Å². The van der Waals surface area contributed by atoms with Crippen LogP contribution in [0.25, 0.3) is 44.2 Å². The minimum Gasteiger partial charge on any atom is -0.456 e. The Hall–Kier alpha value is -5.08. The quantitative estimate of drug-likeness (QED) is 0.215. The number of rotatable bonds is 5. The van der Waals surface area contributed by atoms with Gasteiger partial charge in [-0.05, 0) is 75.8 Å². The third kappa shape index (κ3) is 4.76. The minimum absolute atomic E-state index is 0.0738. The molecule has 2 nitrogen and oxygen atoms in total. The fraction of sp³-hybridized carbons (Fsp3) is 0.100. The lowest BCUT2D eigenvalue weighted by Crippen LogP contribution is -2.12. The van der Waals surface area contributed by atoms with Gasteiger partial charge in [0.25, 0.3) is 0 Å². The van der Waals surface area contributed by atoms with Gasteiger partial charge < -0.3 is 9.32 Å². The van der Waals surface area contributed by atoms with Gasteiger partial charge in [-0.15, -0.1) is 0 Å². The van der Waals surface area contributed by atoms with Crippen molar-refractivity contribution in [3.05, 3.63) is 151 Å². The molecule has 0 saturated carbocycles. The molecule has 0 radical (unpaired) electrons.